The summed E-state index contributed by atoms with van der Waals surface area (Å²) in [5.41, 5.74) is 5.50. The van der Waals surface area contributed by atoms with E-state index in [1.54, 1.807) is 0 Å². The molecular formula is C37H23N3O. The first-order valence-corrected chi connectivity index (χ1v) is 13.2. The number of hydrogen-bond donors (Lipinski definition) is 0. The number of benzene rings is 6. The molecule has 0 spiro atoms. The van der Waals surface area contributed by atoms with Crippen LogP contribution in [0.15, 0.2) is 139 Å². The zero-order valence-corrected chi connectivity index (χ0v) is 21.6. The minimum absolute atomic E-state index is 0.00840. The van der Waals surface area contributed by atoms with Crippen LogP contribution in [0.1, 0.15) is 6.85 Å². The smallest absolute Gasteiger partial charge is 0.164 e. The number of rotatable bonds is 4. The lowest BCUT2D eigenvalue weighted by atomic mass is 9.92. The Kier molecular flexibility index (Phi) is 4.34. The van der Waals surface area contributed by atoms with Gasteiger partial charge in [-0.2, -0.15) is 0 Å². The standard InChI is InChI=1S/C37H23N3O/c1-3-9-26(10-4-1)35-38-36(27-11-5-2-6-12-27)40-37(39-35)28-19-17-24(18-20-28)29-21-22-32-31(23-29)30-15-7-13-25-14-8-16-33(41-32)34(25)30/h1-23H/i1D,3D,4D,9D,10D. The summed E-state index contributed by atoms with van der Waals surface area (Å²) < 4.78 is 47.6. The maximum Gasteiger partial charge on any atom is 0.164 e. The van der Waals surface area contributed by atoms with E-state index in [4.69, 9.17) is 16.6 Å². The summed E-state index contributed by atoms with van der Waals surface area (Å²) in [5.74, 6) is 2.33. The van der Waals surface area contributed by atoms with Crippen LogP contribution in [0.25, 0.3) is 67.2 Å². The van der Waals surface area contributed by atoms with Crippen molar-refractivity contribution in [2.75, 3.05) is 0 Å². The Balaban J connectivity index is 1.22. The molecule has 8 rings (SSSR count). The van der Waals surface area contributed by atoms with Crippen LogP contribution < -0.4 is 4.74 Å². The Hall–Kier alpha value is -5.61. The molecular weight excluding hydrogens is 502 g/mol. The Morgan fingerprint density at radius 2 is 1.10 bits per heavy atom. The number of fused-ring (bicyclic) bond motifs is 2. The monoisotopic (exact) mass is 530 g/mol. The highest BCUT2D eigenvalue weighted by atomic mass is 16.5. The van der Waals surface area contributed by atoms with E-state index in [9.17, 15) is 0 Å². The Bertz CT molecular complexity index is 2310. The van der Waals surface area contributed by atoms with Gasteiger partial charge in [-0.15, -0.1) is 0 Å². The minimum Gasteiger partial charge on any atom is -0.456 e. The lowest BCUT2D eigenvalue weighted by Gasteiger charge is -2.22. The summed E-state index contributed by atoms with van der Waals surface area (Å²) in [6.45, 7) is 0. The lowest BCUT2D eigenvalue weighted by Crippen LogP contribution is -2.00. The first kappa shape index (κ1) is 18.6. The molecule has 0 N–H and O–H groups in total. The molecule has 192 valence electrons. The van der Waals surface area contributed by atoms with Gasteiger partial charge in [0.15, 0.2) is 17.5 Å². The van der Waals surface area contributed by atoms with Crippen molar-refractivity contribution in [3.05, 3.63) is 139 Å². The Morgan fingerprint density at radius 3 is 1.85 bits per heavy atom. The van der Waals surface area contributed by atoms with Crippen LogP contribution in [0.2, 0.25) is 0 Å². The van der Waals surface area contributed by atoms with Gasteiger partial charge < -0.3 is 4.74 Å². The number of aromatic nitrogens is 3. The normalized spacial score (nSPS) is 13.3. The zero-order chi connectivity index (χ0) is 31.5. The van der Waals surface area contributed by atoms with E-state index in [2.05, 4.69) is 40.3 Å². The fraction of sp³-hybridized carbons (Fsp3) is 0. The Morgan fingerprint density at radius 1 is 0.463 bits per heavy atom. The highest BCUT2D eigenvalue weighted by Gasteiger charge is 2.20. The summed E-state index contributed by atoms with van der Waals surface area (Å²) >= 11 is 0. The second-order valence-electron chi connectivity index (χ2n) is 9.72. The number of nitrogens with zero attached hydrogens (tertiary/aromatic N) is 3. The van der Waals surface area contributed by atoms with Gasteiger partial charge in [-0.05, 0) is 40.3 Å². The summed E-state index contributed by atoms with van der Waals surface area (Å²) in [4.78, 5) is 13.9. The van der Waals surface area contributed by atoms with Crippen LogP contribution in [-0.2, 0) is 0 Å². The van der Waals surface area contributed by atoms with Crippen molar-refractivity contribution >= 4 is 10.8 Å². The highest BCUT2D eigenvalue weighted by molar-refractivity contribution is 6.04. The van der Waals surface area contributed by atoms with Gasteiger partial charge in [0.2, 0.25) is 0 Å². The molecule has 0 saturated heterocycles. The summed E-state index contributed by atoms with van der Waals surface area (Å²) in [6, 6.07) is 33.6. The predicted molar refractivity (Wildman–Crippen MR) is 165 cm³/mol. The molecule has 1 aliphatic heterocycles. The van der Waals surface area contributed by atoms with Crippen molar-refractivity contribution in [2.24, 2.45) is 0 Å². The van der Waals surface area contributed by atoms with E-state index < -0.39 is 18.1 Å². The van der Waals surface area contributed by atoms with Crippen molar-refractivity contribution in [3.63, 3.8) is 0 Å². The molecule has 0 amide bonds. The third-order valence-corrected chi connectivity index (χ3v) is 7.22. The summed E-state index contributed by atoms with van der Waals surface area (Å²) in [7, 11) is 0. The Labute approximate surface area is 244 Å². The summed E-state index contributed by atoms with van der Waals surface area (Å²) in [5, 5.41) is 2.23. The maximum atomic E-state index is 8.51. The molecule has 2 heterocycles. The van der Waals surface area contributed by atoms with Crippen LogP contribution in [0.5, 0.6) is 11.5 Å². The third-order valence-electron chi connectivity index (χ3n) is 7.22. The van der Waals surface area contributed by atoms with Gasteiger partial charge in [0.25, 0.3) is 0 Å². The van der Waals surface area contributed by atoms with Crippen molar-refractivity contribution in [1.82, 2.24) is 15.0 Å². The van der Waals surface area contributed by atoms with Gasteiger partial charge in [-0.1, -0.05) is 121 Å². The average Bonchev–Trinajstić information content (AvgIpc) is 3.10. The molecule has 0 saturated carbocycles. The maximum absolute atomic E-state index is 8.51. The fourth-order valence-electron chi connectivity index (χ4n) is 5.25. The molecule has 4 nitrogen and oxygen atoms in total. The van der Waals surface area contributed by atoms with E-state index in [0.29, 0.717) is 22.8 Å². The SMILES string of the molecule is [2H]c1c([2H])c([2H])c(-c2nc(-c3ccccc3)nc(-c3ccc(-c4ccc5c(c4)-c4cccc6cccc(c46)O5)cc3)n2)c([2H])c1[2H]. The molecule has 1 aliphatic rings. The lowest BCUT2D eigenvalue weighted by molar-refractivity contribution is 0.487. The second kappa shape index (κ2) is 9.54. The first-order chi connectivity index (χ1) is 22.4. The molecule has 4 heteroatoms. The zero-order valence-electron chi connectivity index (χ0n) is 26.6. The molecule has 0 atom stereocenters. The molecule has 0 radical (unpaired) electrons. The van der Waals surface area contributed by atoms with Gasteiger partial charge >= 0.3 is 0 Å². The molecule has 0 aliphatic carbocycles. The quantitative estimate of drug-likeness (QED) is 0.227. The predicted octanol–water partition coefficient (Wildman–Crippen LogP) is 9.47. The van der Waals surface area contributed by atoms with Crippen molar-refractivity contribution in [2.45, 2.75) is 0 Å². The fourth-order valence-corrected chi connectivity index (χ4v) is 5.25. The van der Waals surface area contributed by atoms with Crippen LogP contribution in [0, 0.1) is 0 Å². The molecule has 6 aromatic carbocycles. The van der Waals surface area contributed by atoms with E-state index >= 15 is 0 Å². The molecule has 7 aromatic rings. The molecule has 0 fully saturated rings. The van der Waals surface area contributed by atoms with Gasteiger partial charge in [-0.25, -0.2) is 15.0 Å². The van der Waals surface area contributed by atoms with E-state index in [1.165, 1.54) is 0 Å². The van der Waals surface area contributed by atoms with E-state index in [0.717, 1.165) is 44.5 Å². The molecule has 41 heavy (non-hydrogen) atoms. The van der Waals surface area contributed by atoms with Crippen molar-refractivity contribution < 1.29 is 11.6 Å². The molecule has 0 bridgehead atoms. The largest absolute Gasteiger partial charge is 0.456 e. The second-order valence-corrected chi connectivity index (χ2v) is 9.72. The van der Waals surface area contributed by atoms with Crippen molar-refractivity contribution in [1.29, 1.82) is 0 Å². The first-order valence-electron chi connectivity index (χ1n) is 15.7. The van der Waals surface area contributed by atoms with Gasteiger partial charge in [0.05, 0.1) is 6.85 Å². The van der Waals surface area contributed by atoms with Crippen LogP contribution >= 0.6 is 0 Å². The highest BCUT2D eigenvalue weighted by Crippen LogP contribution is 2.47. The van der Waals surface area contributed by atoms with Gasteiger partial charge in [0, 0.05) is 27.6 Å². The van der Waals surface area contributed by atoms with Crippen LogP contribution in [0.4, 0.5) is 0 Å². The third kappa shape index (κ3) is 4.14. The molecule has 0 unspecified atom stereocenters. The van der Waals surface area contributed by atoms with Gasteiger partial charge in [0.1, 0.15) is 11.5 Å². The number of hydrogen-bond acceptors (Lipinski definition) is 4. The van der Waals surface area contributed by atoms with Gasteiger partial charge in [-0.3, -0.25) is 0 Å². The minimum atomic E-state index is -0.471. The van der Waals surface area contributed by atoms with Crippen molar-refractivity contribution in [3.8, 4) is 67.9 Å². The van der Waals surface area contributed by atoms with Crippen LogP contribution in [-0.4, -0.2) is 15.0 Å². The van der Waals surface area contributed by atoms with E-state index in [-0.39, 0.29) is 23.5 Å². The average molecular weight is 531 g/mol. The summed E-state index contributed by atoms with van der Waals surface area (Å²) in [6.07, 6.45) is 0. The molecule has 1 aromatic heterocycles. The number of ether oxygens (including phenoxy) is 1. The van der Waals surface area contributed by atoms with Crippen LogP contribution in [0.3, 0.4) is 0 Å². The topological polar surface area (TPSA) is 47.9 Å². The van der Waals surface area contributed by atoms with E-state index in [1.807, 2.05) is 78.9 Å².